The van der Waals surface area contributed by atoms with E-state index in [1.54, 1.807) is 12.0 Å². The number of hydrogen-bond acceptors (Lipinski definition) is 4. The van der Waals surface area contributed by atoms with Crippen molar-refractivity contribution >= 4 is 11.6 Å². The summed E-state index contributed by atoms with van der Waals surface area (Å²) >= 11 is 0. The predicted octanol–water partition coefficient (Wildman–Crippen LogP) is 0.733. The van der Waals surface area contributed by atoms with Crippen molar-refractivity contribution in [2.24, 2.45) is 5.73 Å². The molecule has 92 valence electrons. The number of fused-ring (bicyclic) bond motifs is 1. The number of hydrogen-bond donors (Lipinski definition) is 1. The lowest BCUT2D eigenvalue weighted by Gasteiger charge is -2.32. The number of carbonyl (C=O) groups is 1. The van der Waals surface area contributed by atoms with Gasteiger partial charge in [-0.25, -0.2) is 0 Å². The Labute approximate surface area is 100 Å². The molecule has 1 aromatic carbocycles. The number of nitrogens with two attached hydrogens (primary N) is 1. The quantitative estimate of drug-likeness (QED) is 0.783. The van der Waals surface area contributed by atoms with Crippen molar-refractivity contribution < 1.29 is 14.3 Å². The van der Waals surface area contributed by atoms with E-state index in [2.05, 4.69) is 0 Å². The molecule has 0 fully saturated rings. The third kappa shape index (κ3) is 2.40. The molecule has 0 saturated carbocycles. The van der Waals surface area contributed by atoms with Crippen molar-refractivity contribution in [1.82, 2.24) is 0 Å². The average molecular weight is 236 g/mol. The third-order valence-corrected chi connectivity index (χ3v) is 2.65. The van der Waals surface area contributed by atoms with Crippen molar-refractivity contribution in [1.29, 1.82) is 0 Å². The van der Waals surface area contributed by atoms with Crippen LogP contribution in [0.2, 0.25) is 0 Å². The fourth-order valence-electron chi connectivity index (χ4n) is 1.84. The lowest BCUT2D eigenvalue weighted by molar-refractivity contribution is -0.126. The number of para-hydroxylation sites is 2. The predicted molar refractivity (Wildman–Crippen MR) is 63.9 cm³/mol. The molecule has 0 bridgehead atoms. The number of rotatable bonds is 4. The van der Waals surface area contributed by atoms with E-state index in [1.165, 1.54) is 0 Å². The van der Waals surface area contributed by atoms with Gasteiger partial charge >= 0.3 is 0 Å². The number of carbonyl (C=O) groups excluding carboxylic acids is 1. The summed E-state index contributed by atoms with van der Waals surface area (Å²) in [5.41, 5.74) is 6.42. The maximum absolute atomic E-state index is 11.9. The van der Waals surface area contributed by atoms with Crippen LogP contribution in [0.3, 0.4) is 0 Å². The molecule has 5 nitrogen and oxygen atoms in total. The van der Waals surface area contributed by atoms with Crippen molar-refractivity contribution in [3.8, 4) is 5.75 Å². The molecule has 1 amide bonds. The Balaban J connectivity index is 2.20. The van der Waals surface area contributed by atoms with Crippen molar-refractivity contribution in [2.45, 2.75) is 12.6 Å². The number of anilines is 1. The summed E-state index contributed by atoms with van der Waals surface area (Å²) in [7, 11) is 1.64. The van der Waals surface area contributed by atoms with Crippen LogP contribution in [0, 0.1) is 0 Å². The van der Waals surface area contributed by atoms with Gasteiger partial charge in [0.05, 0.1) is 5.69 Å². The maximum Gasteiger partial charge on any atom is 0.283 e. The van der Waals surface area contributed by atoms with Crippen LogP contribution in [0.15, 0.2) is 24.3 Å². The standard InChI is InChI=1S/C12H16N2O3/c1-16-8-4-7-14-9-5-2-3-6-10(9)17-11(13)12(14)15/h2-3,5-6,11H,4,7-8,13H2,1H3. The fraction of sp³-hybridized carbons (Fsp3) is 0.417. The first-order valence-electron chi connectivity index (χ1n) is 5.55. The highest BCUT2D eigenvalue weighted by Crippen LogP contribution is 2.32. The summed E-state index contributed by atoms with van der Waals surface area (Å²) in [6, 6.07) is 7.39. The minimum Gasteiger partial charge on any atom is -0.464 e. The zero-order valence-electron chi connectivity index (χ0n) is 9.76. The highest BCUT2D eigenvalue weighted by molar-refractivity contribution is 5.99. The van der Waals surface area contributed by atoms with E-state index in [9.17, 15) is 4.79 Å². The van der Waals surface area contributed by atoms with Crippen LogP contribution in [0.1, 0.15) is 6.42 Å². The van der Waals surface area contributed by atoms with Gasteiger partial charge in [-0.15, -0.1) is 0 Å². The van der Waals surface area contributed by atoms with E-state index in [-0.39, 0.29) is 5.91 Å². The highest BCUT2D eigenvalue weighted by atomic mass is 16.5. The Morgan fingerprint density at radius 3 is 3.00 bits per heavy atom. The maximum atomic E-state index is 11.9. The van der Waals surface area contributed by atoms with Gasteiger partial charge in [-0.3, -0.25) is 10.5 Å². The highest BCUT2D eigenvalue weighted by Gasteiger charge is 2.31. The van der Waals surface area contributed by atoms with E-state index in [1.807, 2.05) is 24.3 Å². The summed E-state index contributed by atoms with van der Waals surface area (Å²) in [5, 5.41) is 0. The number of benzene rings is 1. The summed E-state index contributed by atoms with van der Waals surface area (Å²) < 4.78 is 10.3. The normalized spacial score (nSPS) is 18.8. The molecular weight excluding hydrogens is 220 g/mol. The first kappa shape index (κ1) is 11.9. The molecule has 0 spiro atoms. The largest absolute Gasteiger partial charge is 0.464 e. The summed E-state index contributed by atoms with van der Waals surface area (Å²) in [6.45, 7) is 1.20. The molecule has 17 heavy (non-hydrogen) atoms. The fourth-order valence-corrected chi connectivity index (χ4v) is 1.84. The van der Waals surface area contributed by atoms with Gasteiger partial charge in [-0.2, -0.15) is 0 Å². The minimum atomic E-state index is -0.910. The Kier molecular flexibility index (Phi) is 3.61. The molecule has 1 heterocycles. The zero-order chi connectivity index (χ0) is 12.3. The van der Waals surface area contributed by atoms with Gasteiger partial charge in [-0.05, 0) is 18.6 Å². The number of nitrogens with zero attached hydrogens (tertiary/aromatic N) is 1. The van der Waals surface area contributed by atoms with Gasteiger partial charge in [0, 0.05) is 20.3 Å². The molecular formula is C12H16N2O3. The third-order valence-electron chi connectivity index (χ3n) is 2.65. The Morgan fingerprint density at radius 2 is 2.24 bits per heavy atom. The molecule has 5 heteroatoms. The molecule has 0 radical (unpaired) electrons. The van der Waals surface area contributed by atoms with Gasteiger partial charge in [-0.1, -0.05) is 12.1 Å². The average Bonchev–Trinajstić information content (AvgIpc) is 2.34. The Morgan fingerprint density at radius 1 is 1.47 bits per heavy atom. The van der Waals surface area contributed by atoms with E-state index >= 15 is 0 Å². The molecule has 1 atom stereocenters. The SMILES string of the molecule is COCCCN1C(=O)C(N)Oc2ccccc21. The zero-order valence-corrected chi connectivity index (χ0v) is 9.76. The van der Waals surface area contributed by atoms with Gasteiger partial charge in [0.25, 0.3) is 5.91 Å². The van der Waals surface area contributed by atoms with E-state index in [4.69, 9.17) is 15.2 Å². The van der Waals surface area contributed by atoms with Crippen LogP contribution in [-0.2, 0) is 9.53 Å². The van der Waals surface area contributed by atoms with Crippen LogP contribution in [-0.4, -0.2) is 32.4 Å². The molecule has 1 aliphatic rings. The molecule has 0 aromatic heterocycles. The van der Waals surface area contributed by atoms with Gasteiger partial charge in [0.2, 0.25) is 6.23 Å². The molecule has 2 N–H and O–H groups in total. The topological polar surface area (TPSA) is 64.8 Å². The van der Waals surface area contributed by atoms with Gasteiger partial charge < -0.3 is 14.4 Å². The Hall–Kier alpha value is -1.59. The lowest BCUT2D eigenvalue weighted by Crippen LogP contribution is -2.50. The summed E-state index contributed by atoms with van der Waals surface area (Å²) in [4.78, 5) is 13.6. The number of ether oxygens (including phenoxy) is 2. The monoisotopic (exact) mass is 236 g/mol. The molecule has 1 unspecified atom stereocenters. The summed E-state index contributed by atoms with van der Waals surface area (Å²) in [5.74, 6) is 0.441. The Bertz CT molecular complexity index is 408. The summed E-state index contributed by atoms with van der Waals surface area (Å²) in [6.07, 6.45) is -0.143. The molecule has 1 aliphatic heterocycles. The number of methoxy groups -OCH3 is 1. The van der Waals surface area contributed by atoms with Gasteiger partial charge in [0.1, 0.15) is 5.75 Å². The van der Waals surface area contributed by atoms with Gasteiger partial charge in [0.15, 0.2) is 0 Å². The van der Waals surface area contributed by atoms with E-state index in [0.717, 1.165) is 12.1 Å². The molecule has 1 aromatic rings. The van der Waals surface area contributed by atoms with E-state index in [0.29, 0.717) is 18.9 Å². The first-order chi connectivity index (χ1) is 8.24. The second-order valence-electron chi connectivity index (χ2n) is 3.84. The van der Waals surface area contributed by atoms with E-state index < -0.39 is 6.23 Å². The molecule has 0 aliphatic carbocycles. The van der Waals surface area contributed by atoms with Crippen LogP contribution >= 0.6 is 0 Å². The number of amides is 1. The second kappa shape index (κ2) is 5.16. The smallest absolute Gasteiger partial charge is 0.283 e. The van der Waals surface area contributed by atoms with Crippen LogP contribution in [0.4, 0.5) is 5.69 Å². The molecule has 0 saturated heterocycles. The molecule has 2 rings (SSSR count). The van der Waals surface area contributed by atoms with Crippen molar-refractivity contribution in [3.05, 3.63) is 24.3 Å². The van der Waals surface area contributed by atoms with Crippen LogP contribution < -0.4 is 15.4 Å². The van der Waals surface area contributed by atoms with Crippen molar-refractivity contribution in [3.63, 3.8) is 0 Å². The van der Waals surface area contributed by atoms with Crippen LogP contribution in [0.25, 0.3) is 0 Å². The minimum absolute atomic E-state index is 0.209. The van der Waals surface area contributed by atoms with Crippen LogP contribution in [0.5, 0.6) is 5.75 Å². The first-order valence-corrected chi connectivity index (χ1v) is 5.55. The van der Waals surface area contributed by atoms with Crippen molar-refractivity contribution in [2.75, 3.05) is 25.2 Å². The lowest BCUT2D eigenvalue weighted by atomic mass is 10.2. The second-order valence-corrected chi connectivity index (χ2v) is 3.84.